The maximum Gasteiger partial charge on any atom is 0.338 e. The van der Waals surface area contributed by atoms with Crippen LogP contribution in [0.2, 0.25) is 0 Å². The van der Waals surface area contributed by atoms with Crippen molar-refractivity contribution in [2.45, 2.75) is 45.1 Å². The molecule has 6 heteroatoms. The Morgan fingerprint density at radius 3 is 2.19 bits per heavy atom. The fraction of sp³-hybridized carbons (Fsp3) is 0.286. The molecule has 5 nitrogen and oxygen atoms in total. The lowest BCUT2D eigenvalue weighted by Crippen LogP contribution is -2.24. The second-order valence-corrected chi connectivity index (χ2v) is 9.43. The van der Waals surface area contributed by atoms with Gasteiger partial charge < -0.3 is 4.74 Å². The van der Waals surface area contributed by atoms with Gasteiger partial charge in [0.1, 0.15) is 5.60 Å². The average Bonchev–Trinajstić information content (AvgIpc) is 2.89. The van der Waals surface area contributed by atoms with E-state index in [9.17, 15) is 13.2 Å². The molecule has 3 aromatic rings. The third-order valence-corrected chi connectivity index (χ3v) is 5.96. The van der Waals surface area contributed by atoms with Crippen LogP contribution < -0.4 is 0 Å². The van der Waals surface area contributed by atoms with Gasteiger partial charge in [0, 0.05) is 11.1 Å². The molecular weight excluding hydrogens is 362 g/mol. The van der Waals surface area contributed by atoms with Gasteiger partial charge in [0.2, 0.25) is 0 Å². The average molecular weight is 385 g/mol. The van der Waals surface area contributed by atoms with Gasteiger partial charge in [-0.3, -0.25) is 0 Å². The van der Waals surface area contributed by atoms with Crippen molar-refractivity contribution in [2.75, 3.05) is 0 Å². The lowest BCUT2D eigenvalue weighted by molar-refractivity contribution is 0.00696. The van der Waals surface area contributed by atoms with Gasteiger partial charge in [0.25, 0.3) is 10.0 Å². The number of rotatable bonds is 3. The first-order chi connectivity index (χ1) is 12.5. The molecule has 0 unspecified atom stereocenters. The maximum atomic E-state index is 13.2. The summed E-state index contributed by atoms with van der Waals surface area (Å²) in [4.78, 5) is 12.6. The van der Waals surface area contributed by atoms with Crippen LogP contribution in [-0.2, 0) is 14.8 Å². The van der Waals surface area contributed by atoms with Gasteiger partial charge in [-0.1, -0.05) is 23.8 Å². The lowest BCUT2D eigenvalue weighted by atomic mass is 10.1. The highest BCUT2D eigenvalue weighted by Crippen LogP contribution is 2.27. The quantitative estimate of drug-likeness (QED) is 0.625. The molecule has 0 radical (unpaired) electrons. The first-order valence-electron chi connectivity index (χ1n) is 8.67. The van der Waals surface area contributed by atoms with Gasteiger partial charge in [0.15, 0.2) is 0 Å². The zero-order valence-electron chi connectivity index (χ0n) is 16.1. The van der Waals surface area contributed by atoms with Crippen LogP contribution in [0.5, 0.6) is 0 Å². The van der Waals surface area contributed by atoms with Crippen LogP contribution in [0.3, 0.4) is 0 Å². The van der Waals surface area contributed by atoms with E-state index >= 15 is 0 Å². The second-order valence-electron chi connectivity index (χ2n) is 7.64. The van der Waals surface area contributed by atoms with Gasteiger partial charge in [0.05, 0.1) is 16.0 Å². The molecule has 0 aliphatic rings. The summed E-state index contributed by atoms with van der Waals surface area (Å²) in [6.07, 6.45) is 0. The molecule has 0 bridgehead atoms. The number of fused-ring (bicyclic) bond motifs is 1. The van der Waals surface area contributed by atoms with Crippen LogP contribution in [0.1, 0.15) is 42.4 Å². The van der Waals surface area contributed by atoms with Crippen molar-refractivity contribution in [1.29, 1.82) is 0 Å². The van der Waals surface area contributed by atoms with E-state index in [0.717, 1.165) is 10.9 Å². The largest absolute Gasteiger partial charge is 0.456 e. The molecule has 27 heavy (non-hydrogen) atoms. The topological polar surface area (TPSA) is 65.4 Å². The summed E-state index contributed by atoms with van der Waals surface area (Å²) in [5.41, 5.74) is 1.70. The molecule has 0 aliphatic carbocycles. The summed E-state index contributed by atoms with van der Waals surface area (Å²) in [5.74, 6) is -0.484. The summed E-state index contributed by atoms with van der Waals surface area (Å²) in [7, 11) is -3.78. The minimum atomic E-state index is -3.78. The van der Waals surface area contributed by atoms with Crippen LogP contribution in [0, 0.1) is 13.8 Å². The Balaban J connectivity index is 2.15. The van der Waals surface area contributed by atoms with Crippen molar-refractivity contribution in [2.24, 2.45) is 0 Å². The van der Waals surface area contributed by atoms with E-state index in [1.165, 1.54) is 3.97 Å². The Morgan fingerprint density at radius 2 is 1.59 bits per heavy atom. The van der Waals surface area contributed by atoms with Crippen LogP contribution in [0.25, 0.3) is 10.9 Å². The van der Waals surface area contributed by atoms with E-state index in [4.69, 9.17) is 4.74 Å². The van der Waals surface area contributed by atoms with Crippen LogP contribution in [-0.4, -0.2) is 24.0 Å². The highest BCUT2D eigenvalue weighted by Gasteiger charge is 2.23. The second kappa shape index (κ2) is 6.53. The van der Waals surface area contributed by atoms with E-state index in [1.54, 1.807) is 76.2 Å². The van der Waals surface area contributed by atoms with Crippen LogP contribution in [0.15, 0.2) is 53.4 Å². The predicted molar refractivity (Wildman–Crippen MR) is 106 cm³/mol. The third kappa shape index (κ3) is 3.76. The van der Waals surface area contributed by atoms with Gasteiger partial charge in [-0.25, -0.2) is 17.2 Å². The van der Waals surface area contributed by atoms with E-state index in [1.807, 2.05) is 6.92 Å². The molecule has 2 aromatic carbocycles. The fourth-order valence-electron chi connectivity index (χ4n) is 2.91. The first-order valence-corrected chi connectivity index (χ1v) is 10.1. The number of ether oxygens (including phenoxy) is 1. The minimum Gasteiger partial charge on any atom is -0.456 e. The first kappa shape index (κ1) is 19.2. The SMILES string of the molecule is Cc1ccc(S(=O)(=O)n2c(C)cc3ccc(C(=O)OC(C)(C)C)cc32)cc1. The van der Waals surface area contributed by atoms with Crippen molar-refractivity contribution in [3.8, 4) is 0 Å². The number of esters is 1. The van der Waals surface area contributed by atoms with Gasteiger partial charge in [-0.05, 0) is 65.0 Å². The molecule has 0 fully saturated rings. The standard InChI is InChI=1S/C21H23NO4S/c1-14-6-10-18(11-7-14)27(24,25)22-15(2)12-16-8-9-17(13-19(16)22)20(23)26-21(3,4)5/h6-13H,1-5H3. The maximum absolute atomic E-state index is 13.2. The molecule has 0 spiro atoms. The molecule has 0 N–H and O–H groups in total. The molecule has 3 rings (SSSR count). The van der Waals surface area contributed by atoms with Gasteiger partial charge in [-0.15, -0.1) is 0 Å². The summed E-state index contributed by atoms with van der Waals surface area (Å²) in [6, 6.07) is 13.5. The monoisotopic (exact) mass is 385 g/mol. The van der Waals surface area contributed by atoms with Crippen LogP contribution in [0.4, 0.5) is 0 Å². The third-order valence-electron chi connectivity index (χ3n) is 4.13. The molecular formula is C21H23NO4S. The molecule has 0 saturated heterocycles. The number of aryl methyl sites for hydroxylation is 2. The smallest absolute Gasteiger partial charge is 0.338 e. The lowest BCUT2D eigenvalue weighted by Gasteiger charge is -2.19. The Morgan fingerprint density at radius 1 is 0.963 bits per heavy atom. The van der Waals surface area contributed by atoms with E-state index in [2.05, 4.69) is 0 Å². The van der Waals surface area contributed by atoms with E-state index < -0.39 is 21.6 Å². The van der Waals surface area contributed by atoms with E-state index in [0.29, 0.717) is 16.8 Å². The fourth-order valence-corrected chi connectivity index (χ4v) is 4.45. The number of benzene rings is 2. The zero-order chi connectivity index (χ0) is 20.0. The van der Waals surface area contributed by atoms with Crippen molar-refractivity contribution in [1.82, 2.24) is 3.97 Å². The molecule has 142 valence electrons. The van der Waals surface area contributed by atoms with Crippen molar-refractivity contribution in [3.05, 3.63) is 65.4 Å². The summed E-state index contributed by atoms with van der Waals surface area (Å²) in [5, 5.41) is 0.746. The molecule has 0 atom stereocenters. The summed E-state index contributed by atoms with van der Waals surface area (Å²) in [6.45, 7) is 9.01. The molecule has 1 heterocycles. The van der Waals surface area contributed by atoms with Crippen molar-refractivity contribution < 1.29 is 17.9 Å². The number of carbonyl (C=O) groups is 1. The number of hydrogen-bond donors (Lipinski definition) is 0. The number of aromatic nitrogens is 1. The molecule has 1 aromatic heterocycles. The van der Waals surface area contributed by atoms with E-state index in [-0.39, 0.29) is 4.90 Å². The Labute approximate surface area is 159 Å². The highest BCUT2D eigenvalue weighted by molar-refractivity contribution is 7.90. The molecule has 0 aliphatic heterocycles. The number of carbonyl (C=O) groups excluding carboxylic acids is 1. The number of hydrogen-bond acceptors (Lipinski definition) is 4. The van der Waals surface area contributed by atoms with Crippen molar-refractivity contribution >= 4 is 26.9 Å². The Bertz CT molecular complexity index is 1120. The summed E-state index contributed by atoms with van der Waals surface area (Å²) < 4.78 is 33.1. The minimum absolute atomic E-state index is 0.205. The van der Waals surface area contributed by atoms with Crippen molar-refractivity contribution in [3.63, 3.8) is 0 Å². The Hall–Kier alpha value is -2.60. The molecule has 0 saturated carbocycles. The highest BCUT2D eigenvalue weighted by atomic mass is 32.2. The van der Waals surface area contributed by atoms with Crippen LogP contribution >= 0.6 is 0 Å². The normalized spacial score (nSPS) is 12.3. The summed E-state index contributed by atoms with van der Waals surface area (Å²) >= 11 is 0. The molecule has 0 amide bonds. The van der Waals surface area contributed by atoms with Gasteiger partial charge in [-0.2, -0.15) is 0 Å². The zero-order valence-corrected chi connectivity index (χ0v) is 16.9. The number of nitrogens with zero attached hydrogens (tertiary/aromatic N) is 1. The predicted octanol–water partition coefficient (Wildman–Crippen LogP) is 4.45. The van der Waals surface area contributed by atoms with Gasteiger partial charge >= 0.3 is 5.97 Å². The Kier molecular flexibility index (Phi) is 4.64.